The van der Waals surface area contributed by atoms with Gasteiger partial charge in [-0.15, -0.1) is 0 Å². The highest BCUT2D eigenvalue weighted by molar-refractivity contribution is 6.03. The molecule has 0 radical (unpaired) electrons. The number of hydrogen-bond donors (Lipinski definition) is 1. The Balaban J connectivity index is 1.77. The molecule has 0 aliphatic carbocycles. The van der Waals surface area contributed by atoms with Crippen molar-refractivity contribution < 1.29 is 14.3 Å². The van der Waals surface area contributed by atoms with Crippen molar-refractivity contribution >= 4 is 17.5 Å². The number of rotatable bonds is 5. The lowest BCUT2D eigenvalue weighted by molar-refractivity contribution is 0.102. The summed E-state index contributed by atoms with van der Waals surface area (Å²) in [6.07, 6.45) is 1.59. The lowest BCUT2D eigenvalue weighted by Gasteiger charge is -2.18. The van der Waals surface area contributed by atoms with E-state index in [1.54, 1.807) is 30.5 Å². The number of nitrogens with zero attached hydrogens (tertiary/aromatic N) is 3. The first-order valence-corrected chi connectivity index (χ1v) is 7.50. The van der Waals surface area contributed by atoms with Gasteiger partial charge in [-0.2, -0.15) is 0 Å². The Bertz CT molecular complexity index is 716. The molecule has 1 aliphatic heterocycles. The van der Waals surface area contributed by atoms with E-state index in [-0.39, 0.29) is 12.7 Å². The third-order valence-electron chi connectivity index (χ3n) is 3.55. The molecule has 1 aromatic carbocycles. The molecule has 0 spiro atoms. The minimum atomic E-state index is -0.292. The first-order chi connectivity index (χ1) is 11.2. The van der Waals surface area contributed by atoms with Crippen molar-refractivity contribution in [3.63, 3.8) is 0 Å². The van der Waals surface area contributed by atoms with Gasteiger partial charge in [0, 0.05) is 31.0 Å². The number of fused-ring (bicyclic) bond motifs is 1. The highest BCUT2D eigenvalue weighted by Crippen LogP contribution is 2.34. The van der Waals surface area contributed by atoms with Gasteiger partial charge in [0.2, 0.25) is 12.7 Å². The Morgan fingerprint density at radius 1 is 1.22 bits per heavy atom. The molecule has 1 amide bonds. The van der Waals surface area contributed by atoms with Crippen LogP contribution in [0.15, 0.2) is 30.5 Å². The summed E-state index contributed by atoms with van der Waals surface area (Å²) in [6.45, 7) is 5.80. The summed E-state index contributed by atoms with van der Waals surface area (Å²) < 4.78 is 10.5. The van der Waals surface area contributed by atoms with E-state index in [9.17, 15) is 4.79 Å². The van der Waals surface area contributed by atoms with Crippen molar-refractivity contribution in [3.8, 4) is 11.5 Å². The lowest BCUT2D eigenvalue weighted by Crippen LogP contribution is -2.25. The summed E-state index contributed by atoms with van der Waals surface area (Å²) in [5, 5.41) is 2.81. The van der Waals surface area contributed by atoms with Crippen LogP contribution in [0.3, 0.4) is 0 Å². The Morgan fingerprint density at radius 2 is 2.00 bits per heavy atom. The van der Waals surface area contributed by atoms with Crippen LogP contribution >= 0.6 is 0 Å². The van der Waals surface area contributed by atoms with Crippen LogP contribution in [0.4, 0.5) is 11.6 Å². The van der Waals surface area contributed by atoms with Crippen LogP contribution in [0.25, 0.3) is 0 Å². The standard InChI is InChI=1S/C16H18N4O3/c1-3-20(4-2)16-17-8-7-12(19-16)15(21)18-11-5-6-13-14(9-11)23-10-22-13/h5-9H,3-4,10H2,1-2H3,(H,18,21). The van der Waals surface area contributed by atoms with E-state index in [0.717, 1.165) is 13.1 Å². The Labute approximate surface area is 134 Å². The Hall–Kier alpha value is -2.83. The SMILES string of the molecule is CCN(CC)c1nccc(C(=O)Nc2ccc3c(c2)OCO3)n1. The van der Waals surface area contributed by atoms with Gasteiger partial charge in [0.1, 0.15) is 5.69 Å². The molecule has 1 aromatic heterocycles. The first kappa shape index (κ1) is 15.1. The maximum Gasteiger partial charge on any atom is 0.274 e. The second-order valence-corrected chi connectivity index (χ2v) is 4.94. The molecule has 0 saturated heterocycles. The van der Waals surface area contributed by atoms with Gasteiger partial charge >= 0.3 is 0 Å². The van der Waals surface area contributed by atoms with Crippen LogP contribution in [-0.2, 0) is 0 Å². The maximum atomic E-state index is 12.4. The highest BCUT2D eigenvalue weighted by Gasteiger charge is 2.16. The highest BCUT2D eigenvalue weighted by atomic mass is 16.7. The molecule has 2 aromatic rings. The smallest absolute Gasteiger partial charge is 0.274 e. The summed E-state index contributed by atoms with van der Waals surface area (Å²) in [5.41, 5.74) is 0.946. The summed E-state index contributed by atoms with van der Waals surface area (Å²) in [7, 11) is 0. The molecule has 7 heteroatoms. The molecule has 0 fully saturated rings. The molecule has 2 heterocycles. The van der Waals surface area contributed by atoms with E-state index < -0.39 is 0 Å². The van der Waals surface area contributed by atoms with Crippen molar-refractivity contribution in [3.05, 3.63) is 36.2 Å². The molecular formula is C16H18N4O3. The predicted molar refractivity (Wildman–Crippen MR) is 86.1 cm³/mol. The monoisotopic (exact) mass is 314 g/mol. The third kappa shape index (κ3) is 3.18. The van der Waals surface area contributed by atoms with E-state index in [4.69, 9.17) is 9.47 Å². The number of carbonyl (C=O) groups excluding carboxylic acids is 1. The van der Waals surface area contributed by atoms with Crippen LogP contribution in [-0.4, -0.2) is 35.8 Å². The van der Waals surface area contributed by atoms with Crippen LogP contribution in [0.5, 0.6) is 11.5 Å². The van der Waals surface area contributed by atoms with Gasteiger partial charge in [-0.25, -0.2) is 9.97 Å². The normalized spacial score (nSPS) is 12.1. The second kappa shape index (κ2) is 6.51. The van der Waals surface area contributed by atoms with E-state index in [0.29, 0.717) is 28.8 Å². The number of benzene rings is 1. The van der Waals surface area contributed by atoms with Gasteiger partial charge in [0.15, 0.2) is 11.5 Å². The molecule has 1 N–H and O–H groups in total. The zero-order valence-corrected chi connectivity index (χ0v) is 13.1. The van der Waals surface area contributed by atoms with Crippen molar-refractivity contribution in [1.29, 1.82) is 0 Å². The second-order valence-electron chi connectivity index (χ2n) is 4.94. The third-order valence-corrected chi connectivity index (χ3v) is 3.55. The molecule has 0 saturated carbocycles. The van der Waals surface area contributed by atoms with E-state index in [1.165, 1.54) is 0 Å². The van der Waals surface area contributed by atoms with Gasteiger partial charge in [0.25, 0.3) is 5.91 Å². The summed E-state index contributed by atoms with van der Waals surface area (Å²) in [4.78, 5) is 22.9. The topological polar surface area (TPSA) is 76.6 Å². The summed E-state index contributed by atoms with van der Waals surface area (Å²) >= 11 is 0. The Morgan fingerprint density at radius 3 is 2.78 bits per heavy atom. The van der Waals surface area contributed by atoms with Gasteiger partial charge in [-0.3, -0.25) is 4.79 Å². The number of hydrogen-bond acceptors (Lipinski definition) is 6. The van der Waals surface area contributed by atoms with Crippen molar-refractivity contribution in [2.75, 3.05) is 30.1 Å². The van der Waals surface area contributed by atoms with Gasteiger partial charge < -0.3 is 19.7 Å². The molecule has 7 nitrogen and oxygen atoms in total. The number of amides is 1. The van der Waals surface area contributed by atoms with Crippen molar-refractivity contribution in [1.82, 2.24) is 9.97 Å². The number of carbonyl (C=O) groups is 1. The fraction of sp³-hybridized carbons (Fsp3) is 0.312. The zero-order chi connectivity index (χ0) is 16.2. The Kier molecular flexibility index (Phi) is 4.27. The molecule has 0 unspecified atom stereocenters. The maximum absolute atomic E-state index is 12.4. The quantitative estimate of drug-likeness (QED) is 0.912. The summed E-state index contributed by atoms with van der Waals surface area (Å²) in [5.74, 6) is 1.55. The molecule has 1 aliphatic rings. The largest absolute Gasteiger partial charge is 0.454 e. The molecular weight excluding hydrogens is 296 g/mol. The average Bonchev–Trinajstić information content (AvgIpc) is 3.04. The van der Waals surface area contributed by atoms with Crippen LogP contribution < -0.4 is 19.7 Å². The number of aromatic nitrogens is 2. The minimum Gasteiger partial charge on any atom is -0.454 e. The lowest BCUT2D eigenvalue weighted by atomic mass is 10.2. The first-order valence-electron chi connectivity index (χ1n) is 7.50. The van der Waals surface area contributed by atoms with Gasteiger partial charge in [-0.05, 0) is 32.0 Å². The minimum absolute atomic E-state index is 0.200. The van der Waals surface area contributed by atoms with E-state index in [2.05, 4.69) is 15.3 Å². The number of anilines is 2. The van der Waals surface area contributed by atoms with Crippen LogP contribution in [0, 0.1) is 0 Å². The molecule has 23 heavy (non-hydrogen) atoms. The van der Waals surface area contributed by atoms with Crippen LogP contribution in [0.2, 0.25) is 0 Å². The zero-order valence-electron chi connectivity index (χ0n) is 13.1. The fourth-order valence-electron chi connectivity index (χ4n) is 2.30. The van der Waals surface area contributed by atoms with E-state index in [1.807, 2.05) is 18.7 Å². The fourth-order valence-corrected chi connectivity index (χ4v) is 2.30. The molecule has 3 rings (SSSR count). The van der Waals surface area contributed by atoms with E-state index >= 15 is 0 Å². The van der Waals surface area contributed by atoms with Crippen molar-refractivity contribution in [2.24, 2.45) is 0 Å². The molecule has 0 bridgehead atoms. The van der Waals surface area contributed by atoms with Crippen molar-refractivity contribution in [2.45, 2.75) is 13.8 Å². The summed E-state index contributed by atoms with van der Waals surface area (Å²) in [6, 6.07) is 6.85. The molecule has 0 atom stereocenters. The number of ether oxygens (including phenoxy) is 2. The van der Waals surface area contributed by atoms with Gasteiger partial charge in [0.05, 0.1) is 0 Å². The molecule has 120 valence electrons. The predicted octanol–water partition coefficient (Wildman–Crippen LogP) is 2.30. The van der Waals surface area contributed by atoms with Crippen LogP contribution in [0.1, 0.15) is 24.3 Å². The number of nitrogens with one attached hydrogen (secondary N) is 1. The average molecular weight is 314 g/mol. The van der Waals surface area contributed by atoms with Gasteiger partial charge in [-0.1, -0.05) is 0 Å².